The fraction of sp³-hybridized carbons (Fsp3) is 0.321. The lowest BCUT2D eigenvalue weighted by atomic mass is 9.99. The van der Waals surface area contributed by atoms with E-state index in [1.165, 1.54) is 12.8 Å². The Labute approximate surface area is 219 Å². The number of aromatic amines is 1. The second-order valence-corrected chi connectivity index (χ2v) is 9.79. The number of fused-ring (bicyclic) bond motifs is 1. The molecule has 0 bridgehead atoms. The summed E-state index contributed by atoms with van der Waals surface area (Å²) in [4.78, 5) is 13.0. The third-order valence-electron chi connectivity index (χ3n) is 7.36. The molecule has 1 saturated carbocycles. The van der Waals surface area contributed by atoms with Crippen LogP contribution in [0.2, 0.25) is 0 Å². The number of phenolic OH excluding ortho intramolecular Hbond substituents is 1. The van der Waals surface area contributed by atoms with Crippen molar-refractivity contribution in [2.24, 2.45) is 0 Å². The van der Waals surface area contributed by atoms with Gasteiger partial charge in [-0.1, -0.05) is 30.1 Å². The minimum absolute atomic E-state index is 0.0189. The molecule has 38 heavy (non-hydrogen) atoms. The molecule has 5 aromatic rings. The van der Waals surface area contributed by atoms with Crippen molar-refractivity contribution in [3.8, 4) is 34.0 Å². The molecular formula is C28H29N7O3. The number of carbonyl (C=O) groups excluding carboxylic acids is 1. The minimum atomic E-state index is -0.350. The van der Waals surface area contributed by atoms with Gasteiger partial charge in [0.2, 0.25) is 5.82 Å². The zero-order valence-electron chi connectivity index (χ0n) is 21.6. The predicted molar refractivity (Wildman–Crippen MR) is 142 cm³/mol. The van der Waals surface area contributed by atoms with Crippen LogP contribution in [0.3, 0.4) is 0 Å². The van der Waals surface area contributed by atoms with E-state index in [1.807, 2.05) is 51.1 Å². The van der Waals surface area contributed by atoms with Crippen LogP contribution < -0.4 is 5.32 Å². The van der Waals surface area contributed by atoms with E-state index < -0.39 is 0 Å². The number of H-pyrrole nitrogens is 1. The number of carbonyl (C=O) groups is 1. The first kappa shape index (κ1) is 23.9. The Hall–Kier alpha value is -4.47. The van der Waals surface area contributed by atoms with Crippen LogP contribution in [0.15, 0.2) is 40.9 Å². The van der Waals surface area contributed by atoms with Gasteiger partial charge in [0.25, 0.3) is 5.91 Å². The molecular weight excluding hydrogens is 482 g/mol. The highest BCUT2D eigenvalue weighted by Gasteiger charge is 2.26. The summed E-state index contributed by atoms with van der Waals surface area (Å²) in [6.07, 6.45) is 4.62. The number of benzene rings is 2. The molecule has 194 valence electrons. The van der Waals surface area contributed by atoms with Crippen LogP contribution in [0.1, 0.15) is 66.3 Å². The second kappa shape index (κ2) is 9.44. The number of aromatic hydroxyl groups is 1. The van der Waals surface area contributed by atoms with E-state index in [1.54, 1.807) is 10.6 Å². The average molecular weight is 512 g/mol. The van der Waals surface area contributed by atoms with Crippen LogP contribution >= 0.6 is 0 Å². The van der Waals surface area contributed by atoms with Crippen molar-refractivity contribution in [3.63, 3.8) is 0 Å². The summed E-state index contributed by atoms with van der Waals surface area (Å²) >= 11 is 0. The van der Waals surface area contributed by atoms with E-state index in [0.29, 0.717) is 35.1 Å². The first-order chi connectivity index (χ1) is 18.5. The number of aromatic nitrogens is 6. The maximum absolute atomic E-state index is 13.0. The lowest BCUT2D eigenvalue weighted by molar-refractivity contribution is 0.0943. The maximum atomic E-state index is 13.0. The number of aryl methyl sites for hydroxylation is 2. The molecule has 0 radical (unpaired) electrons. The molecule has 1 amide bonds. The van der Waals surface area contributed by atoms with Crippen LogP contribution in [-0.2, 0) is 0 Å². The van der Waals surface area contributed by atoms with Crippen LogP contribution in [0.5, 0.6) is 5.75 Å². The predicted octanol–water partition coefficient (Wildman–Crippen LogP) is 5.20. The molecule has 6 rings (SSSR count). The van der Waals surface area contributed by atoms with Gasteiger partial charge in [-0.2, -0.15) is 5.10 Å². The molecule has 3 N–H and O–H groups in total. The van der Waals surface area contributed by atoms with E-state index in [2.05, 4.69) is 30.9 Å². The SMILES string of the molecule is CCNC(=O)c1nnc(-c2cc3c(C4CCCC4)[nH]nc3cc2O)n1-c1ccc(-c2c(C)noc2C)cc1. The largest absolute Gasteiger partial charge is 0.507 e. The highest BCUT2D eigenvalue weighted by atomic mass is 16.5. The Balaban J connectivity index is 1.50. The van der Waals surface area contributed by atoms with Gasteiger partial charge < -0.3 is 14.9 Å². The molecule has 0 aliphatic heterocycles. The molecule has 0 unspecified atom stereocenters. The van der Waals surface area contributed by atoms with E-state index in [4.69, 9.17) is 4.52 Å². The average Bonchev–Trinajstić information content (AvgIpc) is 3.70. The Bertz CT molecular complexity index is 1620. The van der Waals surface area contributed by atoms with Crippen LogP contribution in [0, 0.1) is 13.8 Å². The van der Waals surface area contributed by atoms with Crippen molar-refractivity contribution >= 4 is 16.8 Å². The molecule has 3 heterocycles. The highest BCUT2D eigenvalue weighted by Crippen LogP contribution is 2.40. The monoisotopic (exact) mass is 511 g/mol. The van der Waals surface area contributed by atoms with Crippen LogP contribution in [0.4, 0.5) is 0 Å². The standard InChI is InChI=1S/C28H29N7O3/c1-4-29-28(37)27-33-32-26(35(27)19-11-9-17(10-12-19)24-15(2)34-38-16(24)3)21-13-20-22(14-23(21)36)30-31-25(20)18-7-5-6-8-18/h9-14,18,36H,4-8H2,1-3H3,(H,29,37)(H,30,31). The summed E-state index contributed by atoms with van der Waals surface area (Å²) in [5.41, 5.74) is 5.64. The maximum Gasteiger partial charge on any atom is 0.289 e. The summed E-state index contributed by atoms with van der Waals surface area (Å²) in [6, 6.07) is 11.2. The van der Waals surface area contributed by atoms with Crippen LogP contribution in [0.25, 0.3) is 39.1 Å². The zero-order chi connectivity index (χ0) is 26.4. The van der Waals surface area contributed by atoms with Gasteiger partial charge in [-0.05, 0) is 57.4 Å². The molecule has 10 heteroatoms. The molecule has 0 spiro atoms. The lowest BCUT2D eigenvalue weighted by Crippen LogP contribution is -2.26. The molecule has 0 atom stereocenters. The van der Waals surface area contributed by atoms with Crippen molar-refractivity contribution in [1.29, 1.82) is 0 Å². The summed E-state index contributed by atoms with van der Waals surface area (Å²) in [5.74, 6) is 1.32. The molecule has 10 nitrogen and oxygen atoms in total. The molecule has 3 aromatic heterocycles. The van der Waals surface area contributed by atoms with Gasteiger partial charge in [-0.25, -0.2) is 0 Å². The summed E-state index contributed by atoms with van der Waals surface area (Å²) in [6.45, 7) is 6.08. The second-order valence-electron chi connectivity index (χ2n) is 9.79. The number of amides is 1. The fourth-order valence-corrected chi connectivity index (χ4v) is 5.53. The van der Waals surface area contributed by atoms with Crippen molar-refractivity contribution in [3.05, 3.63) is 59.4 Å². The third kappa shape index (κ3) is 3.93. The van der Waals surface area contributed by atoms with Gasteiger partial charge in [-0.15, -0.1) is 10.2 Å². The van der Waals surface area contributed by atoms with E-state index in [-0.39, 0.29) is 17.5 Å². The Morgan fingerprint density at radius 3 is 2.61 bits per heavy atom. The van der Waals surface area contributed by atoms with Gasteiger partial charge in [-0.3, -0.25) is 14.5 Å². The number of phenols is 1. The Kier molecular flexibility index (Phi) is 5.94. The molecule has 1 aliphatic carbocycles. The third-order valence-corrected chi connectivity index (χ3v) is 7.36. The molecule has 1 fully saturated rings. The quantitative estimate of drug-likeness (QED) is 0.285. The van der Waals surface area contributed by atoms with Gasteiger partial charge in [0.1, 0.15) is 11.5 Å². The molecule has 0 saturated heterocycles. The summed E-state index contributed by atoms with van der Waals surface area (Å²) in [7, 11) is 0. The van der Waals surface area contributed by atoms with Crippen LogP contribution in [-0.4, -0.2) is 47.7 Å². The number of rotatable bonds is 6. The Morgan fingerprint density at radius 2 is 1.92 bits per heavy atom. The fourth-order valence-electron chi connectivity index (χ4n) is 5.53. The van der Waals surface area contributed by atoms with Crippen molar-refractivity contribution in [2.75, 3.05) is 6.54 Å². The number of hydrogen-bond donors (Lipinski definition) is 3. The van der Waals surface area contributed by atoms with Crippen molar-refractivity contribution < 1.29 is 14.4 Å². The summed E-state index contributed by atoms with van der Waals surface area (Å²) in [5, 5.41) is 35.1. The van der Waals surface area contributed by atoms with Gasteiger partial charge in [0.15, 0.2) is 5.82 Å². The van der Waals surface area contributed by atoms with E-state index >= 15 is 0 Å². The number of nitrogens with one attached hydrogen (secondary N) is 2. The topological polar surface area (TPSA) is 135 Å². The first-order valence-electron chi connectivity index (χ1n) is 12.9. The number of hydrogen-bond acceptors (Lipinski definition) is 7. The van der Waals surface area contributed by atoms with Crippen molar-refractivity contribution in [2.45, 2.75) is 52.4 Å². The lowest BCUT2D eigenvalue weighted by Gasteiger charge is -2.13. The van der Waals surface area contributed by atoms with E-state index in [0.717, 1.165) is 46.5 Å². The molecule has 2 aromatic carbocycles. The normalized spacial score (nSPS) is 14.0. The minimum Gasteiger partial charge on any atom is -0.507 e. The van der Waals surface area contributed by atoms with Gasteiger partial charge in [0, 0.05) is 40.9 Å². The zero-order valence-corrected chi connectivity index (χ0v) is 21.6. The number of nitrogens with zero attached hydrogens (tertiary/aromatic N) is 5. The van der Waals surface area contributed by atoms with Gasteiger partial charge in [0.05, 0.1) is 16.8 Å². The van der Waals surface area contributed by atoms with E-state index in [9.17, 15) is 9.90 Å². The Morgan fingerprint density at radius 1 is 1.16 bits per heavy atom. The highest BCUT2D eigenvalue weighted by molar-refractivity contribution is 5.93. The van der Waals surface area contributed by atoms with Gasteiger partial charge >= 0.3 is 0 Å². The molecule has 1 aliphatic rings. The van der Waals surface area contributed by atoms with Crippen molar-refractivity contribution in [1.82, 2.24) is 35.4 Å². The summed E-state index contributed by atoms with van der Waals surface area (Å²) < 4.78 is 7.01. The first-order valence-corrected chi connectivity index (χ1v) is 12.9. The smallest absolute Gasteiger partial charge is 0.289 e.